The van der Waals surface area contributed by atoms with E-state index in [4.69, 9.17) is 4.74 Å². The normalized spacial score (nSPS) is 30.4. The van der Waals surface area contributed by atoms with E-state index in [2.05, 4.69) is 111 Å². The first-order chi connectivity index (χ1) is 15.6. The lowest BCUT2D eigenvalue weighted by Gasteiger charge is -2.47. The summed E-state index contributed by atoms with van der Waals surface area (Å²) in [5.41, 5.74) is 2.30. The van der Waals surface area contributed by atoms with Gasteiger partial charge in [0.25, 0.3) is 0 Å². The van der Waals surface area contributed by atoms with Gasteiger partial charge in [0.05, 0.1) is 6.10 Å². The number of hydrogen-bond acceptors (Lipinski definition) is 2. The molecule has 3 heteroatoms. The highest BCUT2D eigenvalue weighted by atomic mass is 32.2. The third-order valence-corrected chi connectivity index (χ3v) is 12.5. The molecule has 3 fully saturated rings. The van der Waals surface area contributed by atoms with Crippen LogP contribution in [-0.4, -0.2) is 11.9 Å². The maximum Gasteiger partial charge on any atom is 0.129 e. The third-order valence-electron chi connectivity index (χ3n) is 8.60. The van der Waals surface area contributed by atoms with E-state index in [1.165, 1.54) is 46.5 Å². The lowest BCUT2D eigenvalue weighted by molar-refractivity contribution is -0.0667. The smallest absolute Gasteiger partial charge is 0.129 e. The van der Waals surface area contributed by atoms with Gasteiger partial charge in [-0.1, -0.05) is 98.8 Å². The van der Waals surface area contributed by atoms with Crippen LogP contribution in [-0.2, 0) is 4.74 Å². The van der Waals surface area contributed by atoms with Crippen molar-refractivity contribution in [2.75, 3.05) is 5.75 Å². The molecule has 1 heterocycles. The molecule has 1 aliphatic heterocycles. The lowest BCUT2D eigenvalue weighted by Crippen LogP contribution is -2.46. The fraction of sp³-hybridized carbons (Fsp3) is 0.379. The molecule has 2 saturated carbocycles. The Balaban J connectivity index is 1.39. The minimum absolute atomic E-state index is 0.134. The van der Waals surface area contributed by atoms with Crippen LogP contribution in [0.4, 0.5) is 0 Å². The van der Waals surface area contributed by atoms with Crippen LogP contribution in [0.1, 0.15) is 44.1 Å². The van der Waals surface area contributed by atoms with Gasteiger partial charge in [0.2, 0.25) is 0 Å². The van der Waals surface area contributed by atoms with Crippen molar-refractivity contribution in [2.24, 2.45) is 16.7 Å². The average Bonchev–Trinajstić information content (AvgIpc) is 3.21. The first-order valence-electron chi connectivity index (χ1n) is 11.9. The minimum atomic E-state index is -0.625. The number of benzene rings is 3. The minimum Gasteiger partial charge on any atom is -0.359 e. The highest BCUT2D eigenvalue weighted by Crippen LogP contribution is 2.70. The van der Waals surface area contributed by atoms with Crippen LogP contribution in [0.25, 0.3) is 0 Å². The Morgan fingerprint density at radius 3 is 2.12 bits per heavy atom. The van der Waals surface area contributed by atoms with Crippen LogP contribution >= 0.6 is 19.7 Å². The Morgan fingerprint density at radius 1 is 0.844 bits per heavy atom. The molecule has 3 aliphatic rings. The second-order valence-electron chi connectivity index (χ2n) is 10.2. The number of hydrogen-bond donors (Lipinski definition) is 0. The second kappa shape index (κ2) is 8.01. The summed E-state index contributed by atoms with van der Waals surface area (Å²) in [7, 11) is -0.625. The zero-order valence-corrected chi connectivity index (χ0v) is 20.6. The molecule has 0 radical (unpaired) electrons. The van der Waals surface area contributed by atoms with Crippen molar-refractivity contribution in [1.29, 1.82) is 0 Å². The summed E-state index contributed by atoms with van der Waals surface area (Å²) in [6.45, 7) is 5.01. The van der Waals surface area contributed by atoms with Gasteiger partial charge in [-0.2, -0.15) is 0 Å². The molecular formula is C29H31OPS. The van der Waals surface area contributed by atoms with Crippen LogP contribution < -0.4 is 15.9 Å². The zero-order valence-electron chi connectivity index (χ0n) is 18.9. The van der Waals surface area contributed by atoms with Crippen LogP contribution in [0.2, 0.25) is 0 Å². The molecule has 4 atom stereocenters. The van der Waals surface area contributed by atoms with Gasteiger partial charge < -0.3 is 4.74 Å². The molecule has 3 aromatic rings. The van der Waals surface area contributed by atoms with Crippen molar-refractivity contribution < 1.29 is 4.74 Å². The molecule has 0 unspecified atom stereocenters. The fourth-order valence-corrected chi connectivity index (χ4v) is 10.9. The van der Waals surface area contributed by atoms with Gasteiger partial charge in [-0.3, -0.25) is 0 Å². The maximum atomic E-state index is 6.99. The Bertz CT molecular complexity index is 1060. The van der Waals surface area contributed by atoms with Crippen LogP contribution in [0.3, 0.4) is 0 Å². The van der Waals surface area contributed by atoms with Crippen LogP contribution in [0.15, 0.2) is 84.9 Å². The standard InChI is InChI=1S/C29H31OPS/c1-28(2)21-17-18-29(28)20-32-27(30-26(29)19-21)24-15-9-10-16-25(24)31(22-11-5-3-6-12-22)23-13-7-4-8-14-23/h3-16,21,26-27H,17-20H2,1-2H3/t21-,26+,27+,29-/m1/s1. The summed E-state index contributed by atoms with van der Waals surface area (Å²) in [5, 5.41) is 4.25. The fourth-order valence-electron chi connectivity index (χ4n) is 6.58. The van der Waals surface area contributed by atoms with Gasteiger partial charge in [0.1, 0.15) is 5.44 Å². The Labute approximate surface area is 197 Å². The van der Waals surface area contributed by atoms with Crippen LogP contribution in [0, 0.1) is 16.7 Å². The number of ether oxygens (including phenoxy) is 1. The molecule has 0 amide bonds. The van der Waals surface area contributed by atoms with Crippen molar-refractivity contribution in [3.05, 3.63) is 90.5 Å². The van der Waals surface area contributed by atoms with Crippen LogP contribution in [0.5, 0.6) is 0 Å². The number of fused-ring (bicyclic) bond motifs is 1. The van der Waals surface area contributed by atoms with Crippen molar-refractivity contribution >= 4 is 35.6 Å². The topological polar surface area (TPSA) is 9.23 Å². The SMILES string of the molecule is CC1(C)[C@@H]2CC[C@]13CS[C@@H](c1ccccc1P(c1ccccc1)c1ccccc1)O[C@H]3C2. The van der Waals surface area contributed by atoms with E-state index >= 15 is 0 Å². The molecule has 2 aliphatic carbocycles. The summed E-state index contributed by atoms with van der Waals surface area (Å²) < 4.78 is 6.99. The molecule has 0 N–H and O–H groups in total. The van der Waals surface area contributed by atoms with E-state index in [-0.39, 0.29) is 5.44 Å². The molecule has 0 aromatic heterocycles. The maximum absolute atomic E-state index is 6.99. The van der Waals surface area contributed by atoms with E-state index in [0.29, 0.717) is 16.9 Å². The summed E-state index contributed by atoms with van der Waals surface area (Å²) >= 11 is 2.06. The largest absolute Gasteiger partial charge is 0.359 e. The molecule has 1 nitrogen and oxygen atoms in total. The van der Waals surface area contributed by atoms with Gasteiger partial charge in [-0.25, -0.2) is 0 Å². The molecular weight excluding hydrogens is 427 g/mol. The van der Waals surface area contributed by atoms with E-state index in [9.17, 15) is 0 Å². The monoisotopic (exact) mass is 458 g/mol. The zero-order chi connectivity index (χ0) is 21.8. The lowest BCUT2D eigenvalue weighted by atomic mass is 9.69. The van der Waals surface area contributed by atoms with Gasteiger partial charge >= 0.3 is 0 Å². The molecule has 6 rings (SSSR count). The van der Waals surface area contributed by atoms with Gasteiger partial charge in [0.15, 0.2) is 0 Å². The quantitative estimate of drug-likeness (QED) is 0.418. The molecule has 1 spiro atoms. The molecule has 1 saturated heterocycles. The third kappa shape index (κ3) is 3.14. The average molecular weight is 459 g/mol. The van der Waals surface area contributed by atoms with Crippen molar-refractivity contribution in [1.82, 2.24) is 0 Å². The predicted octanol–water partition coefficient (Wildman–Crippen LogP) is 6.40. The predicted molar refractivity (Wildman–Crippen MR) is 139 cm³/mol. The van der Waals surface area contributed by atoms with Gasteiger partial charge in [-0.15, -0.1) is 11.8 Å². The molecule has 3 aromatic carbocycles. The van der Waals surface area contributed by atoms with Crippen molar-refractivity contribution in [3.8, 4) is 0 Å². The van der Waals surface area contributed by atoms with E-state index in [0.717, 1.165) is 5.92 Å². The second-order valence-corrected chi connectivity index (χ2v) is 13.4. The number of thioether (sulfide) groups is 1. The van der Waals surface area contributed by atoms with E-state index < -0.39 is 7.92 Å². The molecule has 32 heavy (non-hydrogen) atoms. The van der Waals surface area contributed by atoms with E-state index in [1.807, 2.05) is 0 Å². The Morgan fingerprint density at radius 2 is 1.47 bits per heavy atom. The Hall–Kier alpha value is -1.60. The van der Waals surface area contributed by atoms with E-state index in [1.54, 1.807) is 0 Å². The van der Waals surface area contributed by atoms with Crippen molar-refractivity contribution in [3.63, 3.8) is 0 Å². The van der Waals surface area contributed by atoms with Gasteiger partial charge in [0, 0.05) is 11.2 Å². The summed E-state index contributed by atoms with van der Waals surface area (Å²) in [6, 6.07) is 31.1. The highest BCUT2D eigenvalue weighted by Gasteiger charge is 2.66. The highest BCUT2D eigenvalue weighted by molar-refractivity contribution is 7.99. The summed E-state index contributed by atoms with van der Waals surface area (Å²) in [4.78, 5) is 0. The Kier molecular flexibility index (Phi) is 5.25. The summed E-state index contributed by atoms with van der Waals surface area (Å²) in [5.74, 6) is 2.06. The first-order valence-corrected chi connectivity index (χ1v) is 14.3. The molecule has 2 bridgehead atoms. The van der Waals surface area contributed by atoms with Gasteiger partial charge in [-0.05, 0) is 60.0 Å². The summed E-state index contributed by atoms with van der Waals surface area (Å²) in [6.07, 6.45) is 4.40. The first kappa shape index (κ1) is 21.0. The number of rotatable bonds is 4. The van der Waals surface area contributed by atoms with Crippen molar-refractivity contribution in [2.45, 2.75) is 44.6 Å². The molecule has 164 valence electrons.